The molecule has 7 heteroatoms. The first kappa shape index (κ1) is 11.5. The number of aromatic nitrogens is 2. The minimum Gasteiger partial charge on any atom is -0.258 e. The van der Waals surface area contributed by atoms with Crippen molar-refractivity contribution in [2.45, 2.75) is 31.6 Å². The summed E-state index contributed by atoms with van der Waals surface area (Å²) in [5.74, 6) is 0.0819. The highest BCUT2D eigenvalue weighted by atomic mass is 35.5. The van der Waals surface area contributed by atoms with Gasteiger partial charge in [-0.15, -0.1) is 0 Å². The molecular weight excluding hydrogens is 253 g/mol. The number of hydrogen-bond acceptors (Lipinski definition) is 4. The van der Waals surface area contributed by atoms with Crippen LogP contribution in [0.3, 0.4) is 0 Å². The lowest BCUT2D eigenvalue weighted by Gasteiger charge is -2.09. The topological polar surface area (TPSA) is 68.9 Å². The van der Waals surface area contributed by atoms with E-state index in [2.05, 4.69) is 9.97 Å². The van der Waals surface area contributed by atoms with E-state index in [0.717, 1.165) is 25.7 Å². The van der Waals surface area contributed by atoms with Gasteiger partial charge in [0.25, 0.3) is 0 Å². The summed E-state index contributed by atoms with van der Waals surface area (Å²) in [5, 5.41) is 10.7. The molecule has 0 saturated heterocycles. The van der Waals surface area contributed by atoms with E-state index in [0.29, 0.717) is 5.69 Å². The van der Waals surface area contributed by atoms with Gasteiger partial charge in [0.15, 0.2) is 0 Å². The van der Waals surface area contributed by atoms with Crippen molar-refractivity contribution in [2.75, 3.05) is 0 Å². The minimum absolute atomic E-state index is 0.0301. The standard InChI is InChI=1S/C9H9Cl2N3O2/c10-8-7(14(15)16)6(12-9(11)13-8)5-3-1-2-4-5/h5H,1-4H2. The predicted octanol–water partition coefficient (Wildman–Crippen LogP) is 3.35. The van der Waals surface area contributed by atoms with E-state index in [4.69, 9.17) is 23.2 Å². The molecule has 0 spiro atoms. The van der Waals surface area contributed by atoms with Gasteiger partial charge in [0, 0.05) is 5.92 Å². The van der Waals surface area contributed by atoms with E-state index in [-0.39, 0.29) is 22.0 Å². The van der Waals surface area contributed by atoms with Gasteiger partial charge in [0.1, 0.15) is 5.69 Å². The van der Waals surface area contributed by atoms with Crippen LogP contribution in [0.25, 0.3) is 0 Å². The van der Waals surface area contributed by atoms with Crippen LogP contribution in [0.5, 0.6) is 0 Å². The number of hydrogen-bond donors (Lipinski definition) is 0. The normalized spacial score (nSPS) is 16.6. The summed E-state index contributed by atoms with van der Waals surface area (Å²) in [6.07, 6.45) is 3.90. The van der Waals surface area contributed by atoms with Gasteiger partial charge in [-0.1, -0.05) is 24.4 Å². The third-order valence-corrected chi connectivity index (χ3v) is 3.20. The van der Waals surface area contributed by atoms with E-state index in [9.17, 15) is 10.1 Å². The lowest BCUT2D eigenvalue weighted by Crippen LogP contribution is -2.05. The molecule has 16 heavy (non-hydrogen) atoms. The van der Waals surface area contributed by atoms with E-state index < -0.39 is 4.92 Å². The Bertz CT molecular complexity index is 433. The van der Waals surface area contributed by atoms with E-state index in [1.807, 2.05) is 0 Å². The second-order valence-corrected chi connectivity index (χ2v) is 4.45. The lowest BCUT2D eigenvalue weighted by molar-refractivity contribution is -0.386. The van der Waals surface area contributed by atoms with Crippen molar-refractivity contribution in [1.82, 2.24) is 9.97 Å². The Morgan fingerprint density at radius 3 is 2.44 bits per heavy atom. The fourth-order valence-electron chi connectivity index (χ4n) is 2.07. The molecule has 0 radical (unpaired) electrons. The van der Waals surface area contributed by atoms with Crippen molar-refractivity contribution < 1.29 is 4.92 Å². The highest BCUT2D eigenvalue weighted by Gasteiger charge is 2.30. The molecule has 1 saturated carbocycles. The molecule has 1 aliphatic carbocycles. The molecule has 0 atom stereocenters. The Hall–Kier alpha value is -0.940. The molecule has 0 bridgehead atoms. The first-order valence-electron chi connectivity index (χ1n) is 4.97. The van der Waals surface area contributed by atoms with Crippen LogP contribution in [0.2, 0.25) is 10.4 Å². The minimum atomic E-state index is -0.535. The van der Waals surface area contributed by atoms with Gasteiger partial charge in [-0.25, -0.2) is 4.98 Å². The van der Waals surface area contributed by atoms with Crippen molar-refractivity contribution in [3.05, 3.63) is 26.2 Å². The van der Waals surface area contributed by atoms with Crippen molar-refractivity contribution in [2.24, 2.45) is 0 Å². The summed E-state index contributed by atoms with van der Waals surface area (Å²) >= 11 is 11.4. The third-order valence-electron chi connectivity index (χ3n) is 2.77. The first-order chi connectivity index (χ1) is 7.59. The lowest BCUT2D eigenvalue weighted by atomic mass is 10.0. The number of nitrogens with zero attached hydrogens (tertiary/aromatic N) is 3. The second-order valence-electron chi connectivity index (χ2n) is 3.76. The van der Waals surface area contributed by atoms with Gasteiger partial charge in [0.2, 0.25) is 10.4 Å². The van der Waals surface area contributed by atoms with Crippen LogP contribution >= 0.6 is 23.2 Å². The smallest absolute Gasteiger partial charge is 0.258 e. The molecule has 0 amide bonds. The van der Waals surface area contributed by atoms with Crippen LogP contribution in [0.1, 0.15) is 37.3 Å². The van der Waals surface area contributed by atoms with Crippen molar-refractivity contribution in [3.63, 3.8) is 0 Å². The van der Waals surface area contributed by atoms with Gasteiger partial charge in [-0.05, 0) is 24.4 Å². The third kappa shape index (κ3) is 2.10. The SMILES string of the molecule is O=[N+]([O-])c1c(Cl)nc(Cl)nc1C1CCCC1. The summed E-state index contributed by atoms with van der Waals surface area (Å²) in [6.45, 7) is 0. The molecule has 0 unspecified atom stereocenters. The largest absolute Gasteiger partial charge is 0.328 e. The Morgan fingerprint density at radius 2 is 1.88 bits per heavy atom. The van der Waals surface area contributed by atoms with Crippen LogP contribution in [-0.2, 0) is 0 Å². The molecule has 0 N–H and O–H groups in total. The van der Waals surface area contributed by atoms with E-state index >= 15 is 0 Å². The van der Waals surface area contributed by atoms with Crippen molar-refractivity contribution in [1.29, 1.82) is 0 Å². The zero-order valence-electron chi connectivity index (χ0n) is 8.32. The van der Waals surface area contributed by atoms with Gasteiger partial charge in [0.05, 0.1) is 4.92 Å². The molecular formula is C9H9Cl2N3O2. The zero-order valence-corrected chi connectivity index (χ0v) is 9.83. The summed E-state index contributed by atoms with van der Waals surface area (Å²) in [6, 6.07) is 0. The molecule has 1 aromatic heterocycles. The second kappa shape index (κ2) is 4.51. The average Bonchev–Trinajstić information content (AvgIpc) is 2.67. The summed E-state index contributed by atoms with van der Waals surface area (Å²) in [5.41, 5.74) is 0.186. The van der Waals surface area contributed by atoms with E-state index in [1.165, 1.54) is 0 Å². The molecule has 1 aromatic rings. The predicted molar refractivity (Wildman–Crippen MR) is 59.9 cm³/mol. The molecule has 1 fully saturated rings. The molecule has 1 aliphatic rings. The number of rotatable bonds is 2. The molecule has 0 aromatic carbocycles. The maximum absolute atomic E-state index is 10.9. The summed E-state index contributed by atoms with van der Waals surface area (Å²) < 4.78 is 0. The van der Waals surface area contributed by atoms with Crippen LogP contribution in [0.15, 0.2) is 0 Å². The molecule has 1 heterocycles. The number of nitro groups is 1. The van der Waals surface area contributed by atoms with Crippen LogP contribution < -0.4 is 0 Å². The van der Waals surface area contributed by atoms with Crippen molar-refractivity contribution in [3.8, 4) is 0 Å². The fourth-order valence-corrected chi connectivity index (χ4v) is 2.53. The van der Waals surface area contributed by atoms with Gasteiger partial charge >= 0.3 is 5.69 Å². The average molecular weight is 262 g/mol. The highest BCUT2D eigenvalue weighted by molar-refractivity contribution is 6.33. The van der Waals surface area contributed by atoms with E-state index in [1.54, 1.807) is 0 Å². The first-order valence-corrected chi connectivity index (χ1v) is 5.72. The Morgan fingerprint density at radius 1 is 1.25 bits per heavy atom. The maximum atomic E-state index is 10.9. The quantitative estimate of drug-likeness (QED) is 0.354. The van der Waals surface area contributed by atoms with Gasteiger partial charge in [-0.3, -0.25) is 10.1 Å². The highest BCUT2D eigenvalue weighted by Crippen LogP contribution is 2.40. The van der Waals surface area contributed by atoms with Crippen LogP contribution in [0.4, 0.5) is 5.69 Å². The summed E-state index contributed by atoms with van der Waals surface area (Å²) in [7, 11) is 0. The monoisotopic (exact) mass is 261 g/mol. The summed E-state index contributed by atoms with van der Waals surface area (Å²) in [4.78, 5) is 17.9. The Labute approximate surface area is 102 Å². The zero-order chi connectivity index (χ0) is 11.7. The number of halogens is 2. The molecule has 86 valence electrons. The maximum Gasteiger partial charge on any atom is 0.328 e. The molecule has 0 aliphatic heterocycles. The van der Waals surface area contributed by atoms with Crippen LogP contribution in [0, 0.1) is 10.1 Å². The van der Waals surface area contributed by atoms with Crippen LogP contribution in [-0.4, -0.2) is 14.9 Å². The van der Waals surface area contributed by atoms with Crippen molar-refractivity contribution >= 4 is 28.9 Å². The Balaban J connectivity index is 2.52. The van der Waals surface area contributed by atoms with Gasteiger partial charge < -0.3 is 0 Å². The fraction of sp³-hybridized carbons (Fsp3) is 0.556. The molecule has 5 nitrogen and oxygen atoms in total. The molecule has 2 rings (SSSR count). The van der Waals surface area contributed by atoms with Gasteiger partial charge in [-0.2, -0.15) is 4.98 Å². The Kier molecular flexibility index (Phi) is 3.25.